The lowest BCUT2D eigenvalue weighted by molar-refractivity contribution is -0.684. The van der Waals surface area contributed by atoms with Crippen LogP contribution in [0.2, 0.25) is 0 Å². The number of nitro benzene ring substituents is 1. The van der Waals surface area contributed by atoms with Crippen LogP contribution in [0.15, 0.2) is 69.1 Å². The summed E-state index contributed by atoms with van der Waals surface area (Å²) >= 11 is 2.67. The van der Waals surface area contributed by atoms with Crippen molar-refractivity contribution in [1.82, 2.24) is 9.88 Å². The van der Waals surface area contributed by atoms with Crippen LogP contribution in [0.3, 0.4) is 0 Å². The van der Waals surface area contributed by atoms with Gasteiger partial charge in [-0.3, -0.25) is 19.7 Å². The second-order valence-corrected chi connectivity index (χ2v) is 11.9. The lowest BCUT2D eigenvalue weighted by Crippen LogP contribution is -2.63. The van der Waals surface area contributed by atoms with E-state index in [4.69, 9.17) is 15.5 Å². The summed E-state index contributed by atoms with van der Waals surface area (Å²) < 4.78 is 7.86. The summed E-state index contributed by atoms with van der Waals surface area (Å²) in [7, 11) is 0. The maximum absolute atomic E-state index is 13.4. The van der Waals surface area contributed by atoms with Gasteiger partial charge in [-0.15, -0.1) is 11.3 Å². The van der Waals surface area contributed by atoms with Crippen LogP contribution < -0.4 is 10.3 Å². The molecule has 2 aliphatic heterocycles. The molecule has 0 aliphatic carbocycles. The van der Waals surface area contributed by atoms with E-state index in [1.165, 1.54) is 52.3 Å². The molecular weight excluding hydrogens is 570 g/mol. The third-order valence-electron chi connectivity index (χ3n) is 7.02. The Labute approximate surface area is 242 Å². The van der Waals surface area contributed by atoms with Crippen LogP contribution in [0.1, 0.15) is 19.4 Å². The quantitative estimate of drug-likeness (QED) is 0.117. The molecule has 1 unspecified atom stereocenters. The lowest BCUT2D eigenvalue weighted by atomic mass is 9.79. The first-order valence-electron chi connectivity index (χ1n) is 12.6. The van der Waals surface area contributed by atoms with E-state index in [0.29, 0.717) is 20.5 Å². The predicted molar refractivity (Wildman–Crippen MR) is 148 cm³/mol. The SMILES string of the molecule is CC(O)[C@H]1C(=O)N2C(C(=O)OCc3ccc([N+](=O)[O-])cc3)=C(Sc3nc(-c4cc[n+](CC(N)=O)cc4)cs3)[C@H](C)[C@H]12. The number of fused-ring (bicyclic) bond motifs is 1. The molecule has 5 rings (SSSR count). The molecule has 1 fully saturated rings. The topological polar surface area (TPSA) is 170 Å². The van der Waals surface area contributed by atoms with Gasteiger partial charge in [-0.05, 0) is 24.6 Å². The van der Waals surface area contributed by atoms with E-state index in [0.717, 1.165) is 5.56 Å². The molecule has 0 spiro atoms. The smallest absolute Gasteiger partial charge is 0.356 e. The fraction of sp³-hybridized carbons (Fsp3) is 0.296. The number of thiazole rings is 1. The number of carbonyl (C=O) groups excluding carboxylic acids is 3. The van der Waals surface area contributed by atoms with Crippen LogP contribution in [0.25, 0.3) is 11.3 Å². The Morgan fingerprint density at radius 2 is 1.95 bits per heavy atom. The standard InChI is InChI=1S/C27H25N5O7S2/c1-14-22-21(15(2)33)25(35)31(22)23(26(36)39-12-16-3-5-18(6-4-16)32(37)38)24(14)41-27-29-19(13-40-27)17-7-9-30(10-8-17)11-20(28)34/h3-10,13-15,21-22,33H,11-12H2,1-2H3,(H-,28,34)/p+1/t14-,15?,21-,22-/m1/s1. The maximum atomic E-state index is 13.4. The fourth-order valence-electron chi connectivity index (χ4n) is 5.02. The molecule has 1 saturated heterocycles. The molecule has 0 saturated carbocycles. The van der Waals surface area contributed by atoms with Crippen LogP contribution in [-0.2, 0) is 32.3 Å². The average Bonchev–Trinajstić information content (AvgIpc) is 3.49. The van der Waals surface area contributed by atoms with Gasteiger partial charge in [0, 0.05) is 46.0 Å². The van der Waals surface area contributed by atoms with Gasteiger partial charge in [-0.2, -0.15) is 4.57 Å². The summed E-state index contributed by atoms with van der Waals surface area (Å²) in [5.41, 5.74) is 7.39. The number of primary amides is 1. The minimum absolute atomic E-state index is 0.0669. The molecule has 0 radical (unpaired) electrons. The van der Waals surface area contributed by atoms with Gasteiger partial charge >= 0.3 is 5.97 Å². The minimum Gasteiger partial charge on any atom is -0.456 e. The van der Waals surface area contributed by atoms with E-state index in [1.807, 2.05) is 24.4 Å². The van der Waals surface area contributed by atoms with Crippen molar-refractivity contribution in [3.63, 3.8) is 0 Å². The summed E-state index contributed by atoms with van der Waals surface area (Å²) in [5, 5.41) is 23.0. The number of aromatic nitrogens is 2. The minimum atomic E-state index is -0.880. The van der Waals surface area contributed by atoms with Gasteiger partial charge in [0.1, 0.15) is 12.3 Å². The Hall–Kier alpha value is -4.14. The number of benzene rings is 1. The summed E-state index contributed by atoms with van der Waals surface area (Å²) in [6, 6.07) is 8.92. The molecule has 0 bridgehead atoms. The van der Waals surface area contributed by atoms with Gasteiger partial charge in [0.25, 0.3) is 11.6 Å². The number of nitro groups is 1. The number of non-ortho nitro benzene ring substituents is 1. The fourth-order valence-corrected chi connectivity index (χ4v) is 7.12. The largest absolute Gasteiger partial charge is 0.456 e. The van der Waals surface area contributed by atoms with E-state index >= 15 is 0 Å². The molecule has 3 N–H and O–H groups in total. The van der Waals surface area contributed by atoms with Crippen LogP contribution in [0, 0.1) is 22.0 Å². The zero-order valence-corrected chi connectivity index (χ0v) is 23.6. The number of hydrogen-bond donors (Lipinski definition) is 2. The monoisotopic (exact) mass is 596 g/mol. The molecule has 2 aromatic heterocycles. The van der Waals surface area contributed by atoms with Gasteiger partial charge in [0.15, 0.2) is 16.7 Å². The van der Waals surface area contributed by atoms with Crippen molar-refractivity contribution < 1.29 is 33.7 Å². The third-order valence-corrected chi connectivity index (χ3v) is 9.25. The number of hydrogen-bond acceptors (Lipinski definition) is 10. The number of aliphatic hydroxyl groups is 1. The number of esters is 1. The Morgan fingerprint density at radius 3 is 2.56 bits per heavy atom. The third kappa shape index (κ3) is 5.58. The van der Waals surface area contributed by atoms with E-state index in [-0.39, 0.29) is 42.4 Å². The van der Waals surface area contributed by atoms with E-state index in [9.17, 15) is 29.6 Å². The maximum Gasteiger partial charge on any atom is 0.356 e. The van der Waals surface area contributed by atoms with Crippen molar-refractivity contribution in [3.8, 4) is 11.3 Å². The zero-order chi connectivity index (χ0) is 29.4. The number of β-lactam (4-membered cyclic amide) rings is 1. The van der Waals surface area contributed by atoms with E-state index in [1.54, 1.807) is 23.9 Å². The highest BCUT2D eigenvalue weighted by molar-refractivity contribution is 8.04. The second kappa shape index (κ2) is 11.4. The Kier molecular flexibility index (Phi) is 7.89. The zero-order valence-electron chi connectivity index (χ0n) is 22.0. The Balaban J connectivity index is 1.38. The molecule has 212 valence electrons. The van der Waals surface area contributed by atoms with Crippen LogP contribution in [0.5, 0.6) is 0 Å². The molecule has 14 heteroatoms. The van der Waals surface area contributed by atoms with E-state index < -0.39 is 28.8 Å². The normalized spacial score (nSPS) is 20.4. The van der Waals surface area contributed by atoms with Crippen LogP contribution >= 0.6 is 23.1 Å². The highest BCUT2D eigenvalue weighted by Gasteiger charge is 2.60. The second-order valence-electron chi connectivity index (χ2n) is 9.79. The number of thioether (sulfide) groups is 1. The van der Waals surface area contributed by atoms with Crippen molar-refractivity contribution in [3.05, 3.63) is 80.5 Å². The molecule has 2 amide bonds. The average molecular weight is 597 g/mol. The van der Waals surface area contributed by atoms with Crippen LogP contribution in [0.4, 0.5) is 5.69 Å². The summed E-state index contributed by atoms with van der Waals surface area (Å²) in [6.07, 6.45) is 2.59. The first kappa shape index (κ1) is 28.4. The van der Waals surface area contributed by atoms with Crippen LogP contribution in [-0.4, -0.2) is 49.8 Å². The van der Waals surface area contributed by atoms with Crippen molar-refractivity contribution in [2.45, 2.75) is 43.5 Å². The predicted octanol–water partition coefficient (Wildman–Crippen LogP) is 2.40. The highest BCUT2D eigenvalue weighted by Crippen LogP contribution is 2.52. The Morgan fingerprint density at radius 1 is 1.27 bits per heavy atom. The van der Waals surface area contributed by atoms with Gasteiger partial charge in [-0.1, -0.05) is 18.7 Å². The molecule has 2 aliphatic rings. The Bertz CT molecular complexity index is 1550. The summed E-state index contributed by atoms with van der Waals surface area (Å²) in [5.74, 6) is -2.38. The molecular formula is C27H26N5O7S2+. The van der Waals surface area contributed by atoms with Gasteiger partial charge < -0.3 is 20.5 Å². The first-order valence-corrected chi connectivity index (χ1v) is 14.3. The number of rotatable bonds is 10. The van der Waals surface area contributed by atoms with Crippen molar-refractivity contribution in [1.29, 1.82) is 0 Å². The number of ether oxygens (including phenoxy) is 1. The number of nitrogens with two attached hydrogens (primary N) is 1. The highest BCUT2D eigenvalue weighted by atomic mass is 32.2. The van der Waals surface area contributed by atoms with Gasteiger partial charge in [-0.25, -0.2) is 9.78 Å². The molecule has 1 aromatic carbocycles. The molecule has 3 aromatic rings. The number of pyridine rings is 1. The number of aliphatic hydroxyl groups excluding tert-OH is 1. The molecule has 4 atom stereocenters. The molecule has 4 heterocycles. The van der Waals surface area contributed by atoms with E-state index in [2.05, 4.69) is 0 Å². The molecule has 12 nitrogen and oxygen atoms in total. The van der Waals surface area contributed by atoms with Crippen molar-refractivity contribution in [2.75, 3.05) is 0 Å². The van der Waals surface area contributed by atoms with Crippen molar-refractivity contribution >= 4 is 46.6 Å². The first-order chi connectivity index (χ1) is 19.5. The van der Waals surface area contributed by atoms with Gasteiger partial charge in [0.05, 0.1) is 28.7 Å². The molecule has 41 heavy (non-hydrogen) atoms. The number of nitrogens with zero attached hydrogens (tertiary/aromatic N) is 4. The number of amides is 2. The number of carbonyl (C=O) groups is 3. The van der Waals surface area contributed by atoms with Crippen molar-refractivity contribution in [2.24, 2.45) is 17.6 Å². The van der Waals surface area contributed by atoms with Gasteiger partial charge in [0.2, 0.25) is 12.5 Å². The summed E-state index contributed by atoms with van der Waals surface area (Å²) in [6.45, 7) is 3.40. The summed E-state index contributed by atoms with van der Waals surface area (Å²) in [4.78, 5) is 54.7. The lowest BCUT2D eigenvalue weighted by Gasteiger charge is -2.46.